The minimum Gasteiger partial charge on any atom is -0.367 e. The minimum absolute atomic E-state index is 0.121. The van der Waals surface area contributed by atoms with Crippen molar-refractivity contribution in [3.63, 3.8) is 0 Å². The van der Waals surface area contributed by atoms with Crippen molar-refractivity contribution in [2.75, 3.05) is 37.6 Å². The first kappa shape index (κ1) is 20.4. The Hall–Kier alpha value is -2.86. The molecule has 0 radical (unpaired) electrons. The van der Waals surface area contributed by atoms with E-state index in [0.717, 1.165) is 18.5 Å². The summed E-state index contributed by atoms with van der Waals surface area (Å²) < 4.78 is 0. The van der Waals surface area contributed by atoms with Crippen LogP contribution >= 0.6 is 11.6 Å². The van der Waals surface area contributed by atoms with Gasteiger partial charge in [0.2, 0.25) is 0 Å². The highest BCUT2D eigenvalue weighted by molar-refractivity contribution is 6.33. The predicted octanol–water partition coefficient (Wildman–Crippen LogP) is 3.70. The molecular weight excluding hydrogens is 402 g/mol. The zero-order valence-corrected chi connectivity index (χ0v) is 17.7. The van der Waals surface area contributed by atoms with E-state index in [1.54, 1.807) is 23.1 Å². The van der Waals surface area contributed by atoms with Gasteiger partial charge in [-0.15, -0.1) is 0 Å². The number of anilines is 1. The van der Waals surface area contributed by atoms with Crippen LogP contribution in [0.25, 0.3) is 0 Å². The van der Waals surface area contributed by atoms with Crippen LogP contribution < -0.4 is 4.90 Å². The normalized spacial score (nSPS) is 16.3. The maximum Gasteiger partial charge on any atom is 0.261 e. The number of carbonyl (C=O) groups is 3. The summed E-state index contributed by atoms with van der Waals surface area (Å²) in [4.78, 5) is 43.4. The number of nitrogens with zero attached hydrogens (tertiary/aromatic N) is 3. The van der Waals surface area contributed by atoms with Crippen molar-refractivity contribution in [3.8, 4) is 0 Å². The number of halogens is 1. The molecule has 0 saturated carbocycles. The molecule has 0 atom stereocenters. The van der Waals surface area contributed by atoms with Gasteiger partial charge in [-0.25, -0.2) is 0 Å². The summed E-state index contributed by atoms with van der Waals surface area (Å²) in [6.45, 7) is 4.93. The smallest absolute Gasteiger partial charge is 0.261 e. The Bertz CT molecular complexity index is 999. The van der Waals surface area contributed by atoms with E-state index >= 15 is 0 Å². The van der Waals surface area contributed by atoms with Crippen molar-refractivity contribution in [2.45, 2.75) is 19.8 Å². The lowest BCUT2D eigenvalue weighted by molar-refractivity contribution is 0.0651. The lowest BCUT2D eigenvalue weighted by Gasteiger charge is -2.36. The van der Waals surface area contributed by atoms with Crippen molar-refractivity contribution < 1.29 is 14.4 Å². The molecule has 3 amide bonds. The van der Waals surface area contributed by atoms with Crippen LogP contribution in [0.3, 0.4) is 0 Å². The fourth-order valence-corrected chi connectivity index (χ4v) is 4.24. The molecule has 30 heavy (non-hydrogen) atoms. The zero-order chi connectivity index (χ0) is 21.3. The van der Waals surface area contributed by atoms with Crippen molar-refractivity contribution in [2.24, 2.45) is 0 Å². The monoisotopic (exact) mass is 425 g/mol. The number of carbonyl (C=O) groups excluding carboxylic acids is 3. The minimum atomic E-state index is -0.304. The molecule has 2 aliphatic rings. The molecule has 0 aliphatic carbocycles. The molecule has 156 valence electrons. The Morgan fingerprint density at radius 2 is 1.67 bits per heavy atom. The molecule has 2 aromatic rings. The van der Waals surface area contributed by atoms with Gasteiger partial charge in [0.15, 0.2) is 0 Å². The highest BCUT2D eigenvalue weighted by Crippen LogP contribution is 2.27. The number of imide groups is 1. The number of fused-ring (bicyclic) bond motifs is 1. The quantitative estimate of drug-likeness (QED) is 0.685. The Labute approximate surface area is 181 Å². The van der Waals surface area contributed by atoms with Crippen molar-refractivity contribution in [3.05, 3.63) is 64.2 Å². The lowest BCUT2D eigenvalue weighted by atomic mass is 10.0. The molecule has 0 N–H and O–H groups in total. The van der Waals surface area contributed by atoms with Crippen molar-refractivity contribution in [1.82, 2.24) is 9.80 Å². The number of unbranched alkanes of at least 4 members (excludes halogenated alkanes) is 1. The molecule has 0 spiro atoms. The number of hydrogen-bond acceptors (Lipinski definition) is 4. The molecule has 2 heterocycles. The predicted molar refractivity (Wildman–Crippen MR) is 116 cm³/mol. The molecule has 1 saturated heterocycles. The first-order valence-electron chi connectivity index (χ1n) is 10.3. The largest absolute Gasteiger partial charge is 0.367 e. The van der Waals surface area contributed by atoms with Crippen LogP contribution in [-0.2, 0) is 0 Å². The van der Waals surface area contributed by atoms with Crippen LogP contribution in [0, 0.1) is 0 Å². The summed E-state index contributed by atoms with van der Waals surface area (Å²) in [6.07, 6.45) is 1.67. The molecule has 1 fully saturated rings. The number of benzene rings is 2. The van der Waals surface area contributed by atoms with Gasteiger partial charge in [-0.3, -0.25) is 19.3 Å². The van der Waals surface area contributed by atoms with E-state index in [-0.39, 0.29) is 17.7 Å². The fourth-order valence-electron chi connectivity index (χ4n) is 3.98. The van der Waals surface area contributed by atoms with Gasteiger partial charge in [0.05, 0.1) is 21.8 Å². The van der Waals surface area contributed by atoms with E-state index in [0.29, 0.717) is 54.4 Å². The number of rotatable bonds is 5. The van der Waals surface area contributed by atoms with Gasteiger partial charge in [-0.2, -0.15) is 0 Å². The van der Waals surface area contributed by atoms with Crippen molar-refractivity contribution >= 4 is 35.0 Å². The van der Waals surface area contributed by atoms with E-state index in [1.807, 2.05) is 31.2 Å². The number of para-hydroxylation sites is 1. The topological polar surface area (TPSA) is 60.9 Å². The molecule has 0 unspecified atom stereocenters. The second kappa shape index (κ2) is 8.48. The summed E-state index contributed by atoms with van der Waals surface area (Å²) in [6, 6.07) is 12.5. The van der Waals surface area contributed by atoms with Crippen molar-refractivity contribution in [1.29, 1.82) is 0 Å². The molecular formula is C23H24ClN3O3. The average molecular weight is 426 g/mol. The Balaban J connectivity index is 1.46. The number of hydrogen-bond donors (Lipinski definition) is 0. The van der Waals surface area contributed by atoms with Gasteiger partial charge >= 0.3 is 0 Å². The first-order valence-corrected chi connectivity index (χ1v) is 10.7. The van der Waals surface area contributed by atoms with E-state index in [9.17, 15) is 14.4 Å². The van der Waals surface area contributed by atoms with Gasteiger partial charge in [-0.1, -0.05) is 37.1 Å². The Kier molecular flexibility index (Phi) is 5.77. The summed E-state index contributed by atoms with van der Waals surface area (Å²) in [7, 11) is 0. The van der Waals surface area contributed by atoms with Crippen LogP contribution in [0.1, 0.15) is 50.8 Å². The molecule has 7 heteroatoms. The van der Waals surface area contributed by atoms with Gasteiger partial charge in [-0.05, 0) is 36.8 Å². The van der Waals surface area contributed by atoms with E-state index in [1.165, 1.54) is 4.90 Å². The number of piperazine rings is 1. The van der Waals surface area contributed by atoms with Crippen LogP contribution in [0.15, 0.2) is 42.5 Å². The van der Waals surface area contributed by atoms with Gasteiger partial charge in [0.1, 0.15) is 0 Å². The Morgan fingerprint density at radius 1 is 0.967 bits per heavy atom. The summed E-state index contributed by atoms with van der Waals surface area (Å²) in [5, 5.41) is 0.701. The third kappa shape index (κ3) is 3.67. The maximum atomic E-state index is 13.0. The van der Waals surface area contributed by atoms with Gasteiger partial charge in [0, 0.05) is 38.3 Å². The molecule has 2 aromatic carbocycles. The third-order valence-corrected chi connectivity index (χ3v) is 6.03. The van der Waals surface area contributed by atoms with Crippen LogP contribution in [-0.4, -0.2) is 60.2 Å². The van der Waals surface area contributed by atoms with Crippen LogP contribution in [0.2, 0.25) is 5.02 Å². The summed E-state index contributed by atoms with van der Waals surface area (Å²) >= 11 is 6.29. The highest BCUT2D eigenvalue weighted by atomic mass is 35.5. The van der Waals surface area contributed by atoms with E-state index < -0.39 is 0 Å². The average Bonchev–Trinajstić information content (AvgIpc) is 3.01. The Morgan fingerprint density at radius 3 is 2.37 bits per heavy atom. The van der Waals surface area contributed by atoms with Gasteiger partial charge in [0.25, 0.3) is 17.7 Å². The second-order valence-electron chi connectivity index (χ2n) is 7.61. The molecule has 4 rings (SSSR count). The molecule has 0 aromatic heterocycles. The van der Waals surface area contributed by atoms with Crippen LogP contribution in [0.5, 0.6) is 0 Å². The first-order chi connectivity index (χ1) is 14.5. The second-order valence-corrected chi connectivity index (χ2v) is 8.01. The highest BCUT2D eigenvalue weighted by Gasteiger charge is 2.36. The summed E-state index contributed by atoms with van der Waals surface area (Å²) in [5.41, 5.74) is 2.13. The standard InChI is InChI=1S/C23H24ClN3O3/c1-2-3-10-27-22(29)17-9-8-16(15-18(17)23(27)30)21(28)26-13-11-25(12-14-26)20-7-5-4-6-19(20)24/h4-9,15H,2-3,10-14H2,1H3. The maximum absolute atomic E-state index is 13.0. The molecule has 6 nitrogen and oxygen atoms in total. The number of amides is 3. The zero-order valence-electron chi connectivity index (χ0n) is 16.9. The molecule has 0 bridgehead atoms. The fraction of sp³-hybridized carbons (Fsp3) is 0.348. The van der Waals surface area contributed by atoms with E-state index in [2.05, 4.69) is 4.90 Å². The molecule has 2 aliphatic heterocycles. The summed E-state index contributed by atoms with van der Waals surface area (Å²) in [5.74, 6) is -0.693. The third-order valence-electron chi connectivity index (χ3n) is 5.71. The van der Waals surface area contributed by atoms with E-state index in [4.69, 9.17) is 11.6 Å². The van der Waals surface area contributed by atoms with Crippen LogP contribution in [0.4, 0.5) is 5.69 Å². The SMILES string of the molecule is CCCCN1C(=O)c2ccc(C(=O)N3CCN(c4ccccc4Cl)CC3)cc2C1=O. The van der Waals surface area contributed by atoms with Gasteiger partial charge < -0.3 is 9.80 Å². The lowest BCUT2D eigenvalue weighted by Crippen LogP contribution is -2.48.